The number of anilines is 2. The molecule has 1 fully saturated rings. The molecule has 1 aliphatic heterocycles. The van der Waals surface area contributed by atoms with Crippen molar-refractivity contribution in [2.75, 3.05) is 30.8 Å². The van der Waals surface area contributed by atoms with Crippen LogP contribution in [0.5, 0.6) is 11.5 Å². The molecule has 5 rings (SSSR count). The van der Waals surface area contributed by atoms with Gasteiger partial charge in [-0.1, -0.05) is 18.2 Å². The molecule has 38 heavy (non-hydrogen) atoms. The maximum atomic E-state index is 14.1. The summed E-state index contributed by atoms with van der Waals surface area (Å²) < 4.78 is 40.2. The van der Waals surface area contributed by atoms with Crippen molar-refractivity contribution in [3.63, 3.8) is 0 Å². The molecular formula is C27H29N5O5S. The first-order chi connectivity index (χ1) is 18.3. The Morgan fingerprint density at radius 3 is 2.63 bits per heavy atom. The van der Waals surface area contributed by atoms with Crippen LogP contribution in [-0.2, 0) is 21.4 Å². The number of H-pyrrole nitrogens is 1. The van der Waals surface area contributed by atoms with Gasteiger partial charge in [0.15, 0.2) is 0 Å². The number of carbonyl (C=O) groups is 1. The number of fused-ring (bicyclic) bond motifs is 1. The van der Waals surface area contributed by atoms with Gasteiger partial charge < -0.3 is 25.1 Å². The van der Waals surface area contributed by atoms with E-state index in [1.165, 1.54) is 10.5 Å². The highest BCUT2D eigenvalue weighted by atomic mass is 32.2. The van der Waals surface area contributed by atoms with Crippen LogP contribution in [0.15, 0.2) is 71.9 Å². The number of pyridine rings is 1. The summed E-state index contributed by atoms with van der Waals surface area (Å²) >= 11 is 0. The number of sulfonamides is 1. The SMILES string of the molecule is COc1ccc(CN2CCC(N(c3c(N)cnc4[nH]ccc34)S(=O)(=O)c3ccccc3)CC2=O)c(OC)c1. The van der Waals surface area contributed by atoms with E-state index in [4.69, 9.17) is 15.2 Å². The van der Waals surface area contributed by atoms with Crippen LogP contribution in [0.4, 0.5) is 11.4 Å². The molecule has 1 amide bonds. The number of nitrogens with zero attached hydrogens (tertiary/aromatic N) is 3. The lowest BCUT2D eigenvalue weighted by molar-refractivity contribution is -0.134. The van der Waals surface area contributed by atoms with Gasteiger partial charge in [0.2, 0.25) is 5.91 Å². The first-order valence-electron chi connectivity index (χ1n) is 12.1. The second-order valence-electron chi connectivity index (χ2n) is 9.06. The Morgan fingerprint density at radius 1 is 1.13 bits per heavy atom. The van der Waals surface area contributed by atoms with Gasteiger partial charge in [-0.2, -0.15) is 0 Å². The zero-order chi connectivity index (χ0) is 26.9. The topological polar surface area (TPSA) is 131 Å². The molecule has 4 aromatic rings. The molecule has 2 aromatic heterocycles. The minimum atomic E-state index is -4.06. The number of nitrogens with two attached hydrogens (primary N) is 1. The number of amides is 1. The number of carbonyl (C=O) groups excluding carboxylic acids is 1. The number of likely N-dealkylation sites (tertiary alicyclic amines) is 1. The average molecular weight is 536 g/mol. The predicted molar refractivity (Wildman–Crippen MR) is 145 cm³/mol. The van der Waals surface area contributed by atoms with Crippen molar-refractivity contribution in [3.8, 4) is 11.5 Å². The molecule has 1 unspecified atom stereocenters. The van der Waals surface area contributed by atoms with Crippen LogP contribution in [0.2, 0.25) is 0 Å². The summed E-state index contributed by atoms with van der Waals surface area (Å²) in [6.07, 6.45) is 3.54. The van der Waals surface area contributed by atoms with Crippen molar-refractivity contribution < 1.29 is 22.7 Å². The molecule has 0 saturated carbocycles. The number of rotatable bonds is 8. The minimum absolute atomic E-state index is 0.00177. The van der Waals surface area contributed by atoms with E-state index in [1.54, 1.807) is 67.8 Å². The van der Waals surface area contributed by atoms with E-state index < -0.39 is 16.1 Å². The highest BCUT2D eigenvalue weighted by Crippen LogP contribution is 2.39. The quantitative estimate of drug-likeness (QED) is 0.353. The van der Waals surface area contributed by atoms with Crippen LogP contribution in [0, 0.1) is 0 Å². The first-order valence-corrected chi connectivity index (χ1v) is 13.6. The van der Waals surface area contributed by atoms with Crippen molar-refractivity contribution in [1.82, 2.24) is 14.9 Å². The Morgan fingerprint density at radius 2 is 1.92 bits per heavy atom. The smallest absolute Gasteiger partial charge is 0.264 e. The summed E-state index contributed by atoms with van der Waals surface area (Å²) in [4.78, 5) is 22.6. The van der Waals surface area contributed by atoms with Gasteiger partial charge in [-0.05, 0) is 36.8 Å². The van der Waals surface area contributed by atoms with Crippen molar-refractivity contribution >= 4 is 38.3 Å². The van der Waals surface area contributed by atoms with Crippen molar-refractivity contribution in [1.29, 1.82) is 0 Å². The molecular weight excluding hydrogens is 506 g/mol. The van der Waals surface area contributed by atoms with Crippen molar-refractivity contribution in [2.24, 2.45) is 0 Å². The molecule has 1 aliphatic rings. The summed E-state index contributed by atoms with van der Waals surface area (Å²) in [5, 5.41) is 0.572. The van der Waals surface area contributed by atoms with Gasteiger partial charge in [0.1, 0.15) is 17.1 Å². The van der Waals surface area contributed by atoms with E-state index in [0.717, 1.165) is 5.56 Å². The average Bonchev–Trinajstić information content (AvgIpc) is 3.41. The third-order valence-corrected chi connectivity index (χ3v) is 8.66. The largest absolute Gasteiger partial charge is 0.497 e. The molecule has 1 atom stereocenters. The Labute approximate surface area is 221 Å². The Hall–Kier alpha value is -4.25. The zero-order valence-electron chi connectivity index (χ0n) is 21.1. The predicted octanol–water partition coefficient (Wildman–Crippen LogP) is 3.55. The molecule has 198 valence electrons. The number of benzene rings is 2. The lowest BCUT2D eigenvalue weighted by Crippen LogP contribution is -2.50. The number of aromatic amines is 1. The molecule has 10 nitrogen and oxygen atoms in total. The number of hydrogen-bond acceptors (Lipinski definition) is 7. The van der Waals surface area contributed by atoms with E-state index >= 15 is 0 Å². The molecule has 1 saturated heterocycles. The Bertz CT molecular complexity index is 1570. The fourth-order valence-electron chi connectivity index (χ4n) is 4.88. The molecule has 0 aliphatic carbocycles. The summed E-state index contributed by atoms with van der Waals surface area (Å²) in [6, 6.07) is 14.7. The summed E-state index contributed by atoms with van der Waals surface area (Å²) in [5.74, 6) is 1.11. The van der Waals surface area contributed by atoms with Gasteiger partial charge in [0.25, 0.3) is 10.0 Å². The lowest BCUT2D eigenvalue weighted by atomic mass is 10.0. The standard InChI is InChI=1S/C27H29N5O5S/c1-36-20-9-8-18(24(15-20)37-2)17-31-13-11-19(14-25(31)33)32(38(34,35)21-6-4-3-5-7-21)26-22-10-12-29-27(22)30-16-23(26)28/h3-10,12,15-16,19H,11,13-14,17,28H2,1-2H3,(H,29,30). The molecule has 2 aromatic carbocycles. The van der Waals surface area contributed by atoms with E-state index in [1.807, 2.05) is 12.1 Å². The first kappa shape index (κ1) is 25.4. The van der Waals surface area contributed by atoms with Crippen LogP contribution >= 0.6 is 0 Å². The van der Waals surface area contributed by atoms with Crippen LogP contribution in [0.1, 0.15) is 18.4 Å². The number of piperidine rings is 1. The fraction of sp³-hybridized carbons (Fsp3) is 0.259. The maximum Gasteiger partial charge on any atom is 0.264 e. The third kappa shape index (κ3) is 4.60. The number of hydrogen-bond donors (Lipinski definition) is 2. The van der Waals surface area contributed by atoms with E-state index in [0.29, 0.717) is 47.7 Å². The number of ether oxygens (including phenoxy) is 2. The van der Waals surface area contributed by atoms with Gasteiger partial charge in [0.05, 0.1) is 42.7 Å². The highest BCUT2D eigenvalue weighted by Gasteiger charge is 2.39. The Balaban J connectivity index is 1.49. The monoisotopic (exact) mass is 535 g/mol. The van der Waals surface area contributed by atoms with Crippen LogP contribution < -0.4 is 19.5 Å². The molecule has 0 bridgehead atoms. The second kappa shape index (κ2) is 10.3. The molecule has 0 radical (unpaired) electrons. The van der Waals surface area contributed by atoms with Crippen LogP contribution in [0.25, 0.3) is 11.0 Å². The third-order valence-electron chi connectivity index (χ3n) is 6.79. The van der Waals surface area contributed by atoms with Gasteiger partial charge >= 0.3 is 0 Å². The number of aromatic nitrogens is 2. The Kier molecular flexibility index (Phi) is 6.85. The maximum absolute atomic E-state index is 14.1. The van der Waals surface area contributed by atoms with Crippen molar-refractivity contribution in [2.45, 2.75) is 30.3 Å². The molecule has 3 heterocycles. The van der Waals surface area contributed by atoms with Gasteiger partial charge in [-0.3, -0.25) is 9.10 Å². The highest BCUT2D eigenvalue weighted by molar-refractivity contribution is 7.93. The lowest BCUT2D eigenvalue weighted by Gasteiger charge is -2.39. The molecule has 0 spiro atoms. The van der Waals surface area contributed by atoms with Gasteiger partial charge in [-0.25, -0.2) is 13.4 Å². The minimum Gasteiger partial charge on any atom is -0.497 e. The normalized spacial score (nSPS) is 16.0. The number of nitrogens with one attached hydrogen (secondary N) is 1. The van der Waals surface area contributed by atoms with Gasteiger partial charge in [-0.15, -0.1) is 0 Å². The van der Waals surface area contributed by atoms with E-state index in [2.05, 4.69) is 9.97 Å². The van der Waals surface area contributed by atoms with Gasteiger partial charge in [0, 0.05) is 42.7 Å². The van der Waals surface area contributed by atoms with E-state index in [-0.39, 0.29) is 22.9 Å². The second-order valence-corrected chi connectivity index (χ2v) is 10.9. The molecule has 11 heteroatoms. The summed E-state index contributed by atoms with van der Waals surface area (Å²) in [7, 11) is -0.910. The fourth-order valence-corrected chi connectivity index (χ4v) is 6.62. The van der Waals surface area contributed by atoms with Crippen molar-refractivity contribution in [3.05, 3.63) is 72.6 Å². The van der Waals surface area contributed by atoms with E-state index in [9.17, 15) is 13.2 Å². The number of nitrogen functional groups attached to an aromatic ring is 1. The zero-order valence-corrected chi connectivity index (χ0v) is 21.9. The number of methoxy groups -OCH3 is 2. The summed E-state index contributed by atoms with van der Waals surface area (Å²) in [6.45, 7) is 0.699. The summed E-state index contributed by atoms with van der Waals surface area (Å²) in [5.41, 5.74) is 8.23. The van der Waals surface area contributed by atoms with Crippen LogP contribution in [0.3, 0.4) is 0 Å². The van der Waals surface area contributed by atoms with Crippen LogP contribution in [-0.4, -0.2) is 56.0 Å². The molecule has 3 N–H and O–H groups in total.